The highest BCUT2D eigenvalue weighted by Crippen LogP contribution is 2.37. The van der Waals surface area contributed by atoms with Gasteiger partial charge in [-0.3, -0.25) is 9.48 Å². The van der Waals surface area contributed by atoms with Gasteiger partial charge in [0.05, 0.1) is 18.3 Å². The van der Waals surface area contributed by atoms with Crippen LogP contribution in [0, 0.1) is 0 Å². The zero-order valence-corrected chi connectivity index (χ0v) is 21.8. The molecule has 0 fully saturated rings. The van der Waals surface area contributed by atoms with Crippen molar-refractivity contribution in [1.29, 1.82) is 0 Å². The molecule has 3 aromatic rings. The van der Waals surface area contributed by atoms with Crippen molar-refractivity contribution >= 4 is 28.9 Å². The summed E-state index contributed by atoms with van der Waals surface area (Å²) in [6, 6.07) is 7.01. The highest BCUT2D eigenvalue weighted by atomic mass is 32.2. The number of sulfonamides is 1. The number of carbonyl (C=O) groups excluding carboxylic acids is 1. The Labute approximate surface area is 220 Å². The largest absolute Gasteiger partial charge is 0.483 e. The third kappa shape index (κ3) is 5.17. The van der Waals surface area contributed by atoms with E-state index in [1.165, 1.54) is 29.0 Å². The summed E-state index contributed by atoms with van der Waals surface area (Å²) in [6.45, 7) is 3.94. The summed E-state index contributed by atoms with van der Waals surface area (Å²) >= 11 is 0. The van der Waals surface area contributed by atoms with Crippen molar-refractivity contribution in [2.24, 2.45) is 0 Å². The fourth-order valence-corrected chi connectivity index (χ4v) is 5.62. The topological polar surface area (TPSA) is 145 Å². The van der Waals surface area contributed by atoms with Crippen LogP contribution in [-0.4, -0.2) is 47.5 Å². The summed E-state index contributed by atoms with van der Waals surface area (Å²) in [4.78, 5) is 25.3. The molecule has 3 N–H and O–H groups in total. The first-order valence-corrected chi connectivity index (χ1v) is 13.8. The van der Waals surface area contributed by atoms with Crippen molar-refractivity contribution in [3.63, 3.8) is 0 Å². The summed E-state index contributed by atoms with van der Waals surface area (Å²) in [5, 5.41) is 16.0. The molecule has 1 aliphatic heterocycles. The van der Waals surface area contributed by atoms with E-state index >= 15 is 0 Å². The molecule has 2 amide bonds. The average Bonchev–Trinajstić information content (AvgIpc) is 3.55. The summed E-state index contributed by atoms with van der Waals surface area (Å²) in [7, 11) is -5.28. The number of hydrogen-bond acceptors (Lipinski definition) is 7. The zero-order chi connectivity index (χ0) is 27.0. The van der Waals surface area contributed by atoms with Gasteiger partial charge in [0.25, 0.3) is 15.6 Å². The van der Waals surface area contributed by atoms with Gasteiger partial charge in [0.15, 0.2) is 5.03 Å². The first kappa shape index (κ1) is 26.0. The number of pyridine rings is 1. The number of aromatic nitrogens is 3. The van der Waals surface area contributed by atoms with Gasteiger partial charge in [-0.1, -0.05) is 24.2 Å². The summed E-state index contributed by atoms with van der Waals surface area (Å²) in [6.07, 6.45) is 7.41. The predicted octanol–water partition coefficient (Wildman–Crippen LogP) is 2.44. The van der Waals surface area contributed by atoms with E-state index in [2.05, 4.69) is 15.1 Å². The van der Waals surface area contributed by atoms with Crippen LogP contribution >= 0.6 is 0 Å². The fourth-order valence-electron chi connectivity index (χ4n) is 4.77. The average molecular weight is 537 g/mol. The van der Waals surface area contributed by atoms with Crippen LogP contribution in [0.3, 0.4) is 0 Å². The summed E-state index contributed by atoms with van der Waals surface area (Å²) in [5.41, 5.74) is 3.87. The monoisotopic (exact) mass is 537 g/mol. The van der Waals surface area contributed by atoms with E-state index in [-0.39, 0.29) is 29.3 Å². The first-order chi connectivity index (χ1) is 18.1. The second-order valence-electron chi connectivity index (χ2n) is 9.61. The normalized spacial score (nSPS) is 17.1. The summed E-state index contributed by atoms with van der Waals surface area (Å²) in [5.74, 6) is 1.44. The number of amides is 2. The number of rotatable bonds is 6. The van der Waals surface area contributed by atoms with Crippen LogP contribution < -0.4 is 15.6 Å². The lowest BCUT2D eigenvalue weighted by Gasteiger charge is -2.19. The molecule has 1 atom stereocenters. The molecule has 0 radical (unpaired) electrons. The molecule has 5 rings (SSSR count). The van der Waals surface area contributed by atoms with Crippen molar-refractivity contribution in [3.8, 4) is 11.1 Å². The van der Waals surface area contributed by atoms with Gasteiger partial charge in [-0.2, -0.15) is 13.5 Å². The number of aryl methyl sites for hydroxylation is 1. The quantitative estimate of drug-likeness (QED) is 0.410. The highest BCUT2D eigenvalue weighted by Gasteiger charge is 2.26. The molecular weight excluding hydrogens is 509 g/mol. The van der Waals surface area contributed by atoms with Crippen molar-refractivity contribution in [1.82, 2.24) is 19.1 Å². The Hall–Kier alpha value is -3.68. The minimum Gasteiger partial charge on any atom is -0.423 e. The Morgan fingerprint density at radius 2 is 2.03 bits per heavy atom. The van der Waals surface area contributed by atoms with Crippen LogP contribution in [-0.2, 0) is 27.5 Å². The van der Waals surface area contributed by atoms with Gasteiger partial charge in [-0.05, 0) is 56.4 Å². The Bertz CT molecular complexity index is 1580. The molecule has 0 bridgehead atoms. The van der Waals surface area contributed by atoms with E-state index in [0.29, 0.717) is 11.3 Å². The van der Waals surface area contributed by atoms with Crippen LogP contribution in [0.1, 0.15) is 43.5 Å². The van der Waals surface area contributed by atoms with Crippen LogP contribution in [0.25, 0.3) is 11.1 Å². The molecular formula is C25H28BN5O6S. The lowest BCUT2D eigenvalue weighted by atomic mass is 9.87. The van der Waals surface area contributed by atoms with Crippen LogP contribution in [0.4, 0.5) is 10.5 Å². The molecule has 13 heteroatoms. The van der Waals surface area contributed by atoms with Gasteiger partial charge in [-0.15, -0.1) is 0 Å². The van der Waals surface area contributed by atoms with E-state index in [0.717, 1.165) is 36.0 Å². The van der Waals surface area contributed by atoms with Crippen molar-refractivity contribution < 1.29 is 22.9 Å². The molecule has 11 nitrogen and oxygen atoms in total. The van der Waals surface area contributed by atoms with E-state index < -0.39 is 23.2 Å². The third-order valence-corrected chi connectivity index (χ3v) is 7.91. The first-order valence-electron chi connectivity index (χ1n) is 12.4. The SMILES string of the molecule is CC(C)n1cc(-c2ccc3c(c2NC(=O)NS(=O)(=O)c2ccn(C4C=CB(O)OC4)n2)CCC3)ccc1=O. The van der Waals surface area contributed by atoms with Crippen molar-refractivity contribution in [2.45, 2.75) is 50.2 Å². The van der Waals surface area contributed by atoms with Gasteiger partial charge >= 0.3 is 13.1 Å². The number of urea groups is 1. The van der Waals surface area contributed by atoms with E-state index in [4.69, 9.17) is 4.65 Å². The smallest absolute Gasteiger partial charge is 0.423 e. The maximum Gasteiger partial charge on any atom is 0.483 e. The van der Waals surface area contributed by atoms with E-state index in [1.807, 2.05) is 26.0 Å². The Kier molecular flexibility index (Phi) is 6.99. The molecule has 1 aromatic carbocycles. The molecule has 2 aliphatic rings. The van der Waals surface area contributed by atoms with Gasteiger partial charge in [0.2, 0.25) is 0 Å². The van der Waals surface area contributed by atoms with Crippen LogP contribution in [0.2, 0.25) is 0 Å². The number of fused-ring (bicyclic) bond motifs is 1. The number of anilines is 1. The summed E-state index contributed by atoms with van der Waals surface area (Å²) < 4.78 is 36.1. The molecule has 2 aromatic heterocycles. The van der Waals surface area contributed by atoms with Gasteiger partial charge in [0, 0.05) is 35.6 Å². The molecule has 0 saturated carbocycles. The minimum atomic E-state index is -4.28. The lowest BCUT2D eigenvalue weighted by Crippen LogP contribution is -2.35. The van der Waals surface area contributed by atoms with Gasteiger partial charge in [0.1, 0.15) is 0 Å². The van der Waals surface area contributed by atoms with E-state index in [1.54, 1.807) is 22.9 Å². The van der Waals surface area contributed by atoms with E-state index in [9.17, 15) is 23.0 Å². The number of carbonyl (C=O) groups is 1. The maximum absolute atomic E-state index is 13.0. The molecule has 1 unspecified atom stereocenters. The number of nitrogens with one attached hydrogen (secondary N) is 2. The highest BCUT2D eigenvalue weighted by molar-refractivity contribution is 7.90. The molecule has 38 heavy (non-hydrogen) atoms. The minimum absolute atomic E-state index is 0.0535. The maximum atomic E-state index is 13.0. The Balaban J connectivity index is 1.41. The van der Waals surface area contributed by atoms with Gasteiger partial charge < -0.3 is 19.6 Å². The third-order valence-electron chi connectivity index (χ3n) is 6.69. The molecule has 198 valence electrons. The van der Waals surface area contributed by atoms with Crippen LogP contribution in [0.15, 0.2) is 64.6 Å². The fraction of sp³-hybridized carbons (Fsp3) is 0.320. The lowest BCUT2D eigenvalue weighted by molar-refractivity contribution is 0.222. The van der Waals surface area contributed by atoms with Gasteiger partial charge in [-0.25, -0.2) is 9.52 Å². The second kappa shape index (κ2) is 10.2. The van der Waals surface area contributed by atoms with Crippen molar-refractivity contribution in [2.75, 3.05) is 11.9 Å². The standard InChI is InChI=1S/C25H28BN5O6S/c1-16(2)30-14-18(7-9-23(30)32)21-8-6-17-4-3-5-20(17)24(21)27-25(33)29-38(35,36)22-11-13-31(28-22)19-10-12-26(34)37-15-19/h6-14,16,19,34H,3-5,15H2,1-2H3,(H2,27,29,33). The van der Waals surface area contributed by atoms with Crippen LogP contribution in [0.5, 0.6) is 0 Å². The van der Waals surface area contributed by atoms with Crippen molar-refractivity contribution in [3.05, 3.63) is 76.3 Å². The predicted molar refractivity (Wildman–Crippen MR) is 142 cm³/mol. The molecule has 0 saturated heterocycles. The number of hydrogen-bond donors (Lipinski definition) is 3. The number of nitrogens with zero attached hydrogens (tertiary/aromatic N) is 3. The number of benzene rings is 1. The zero-order valence-electron chi connectivity index (χ0n) is 21.0. The molecule has 3 heterocycles. The molecule has 1 aliphatic carbocycles. The second-order valence-corrected chi connectivity index (χ2v) is 11.2. The molecule has 0 spiro atoms. The Morgan fingerprint density at radius 1 is 1.21 bits per heavy atom. The Morgan fingerprint density at radius 3 is 2.76 bits per heavy atom.